The molecule has 7 nitrogen and oxygen atoms in total. The Morgan fingerprint density at radius 1 is 1.06 bits per heavy atom. The van der Waals surface area contributed by atoms with Crippen LogP contribution in [0.5, 0.6) is 5.75 Å². The van der Waals surface area contributed by atoms with Gasteiger partial charge >= 0.3 is 0 Å². The van der Waals surface area contributed by atoms with Gasteiger partial charge in [0.1, 0.15) is 5.75 Å². The quantitative estimate of drug-likeness (QED) is 0.641. The molecular weight excluding hydrogens is 414 g/mol. The van der Waals surface area contributed by atoms with E-state index in [1.54, 1.807) is 29.4 Å². The SMILES string of the molecule is CCOc1ccccc1NCC(=O)Nc1ccc(C)c(S(=O)(=O)N2CCCCCC2)c1. The van der Waals surface area contributed by atoms with Crippen molar-refractivity contribution in [2.45, 2.75) is 44.4 Å². The van der Waals surface area contributed by atoms with Crippen molar-refractivity contribution in [2.75, 3.05) is 36.9 Å². The minimum absolute atomic E-state index is 0.0339. The van der Waals surface area contributed by atoms with Crippen LogP contribution in [0.4, 0.5) is 11.4 Å². The molecule has 2 N–H and O–H groups in total. The van der Waals surface area contributed by atoms with Gasteiger partial charge in [-0.1, -0.05) is 31.0 Å². The van der Waals surface area contributed by atoms with E-state index in [1.807, 2.05) is 31.2 Å². The number of hydrogen-bond acceptors (Lipinski definition) is 5. The third-order valence-electron chi connectivity index (χ3n) is 5.28. The Labute approximate surface area is 184 Å². The Kier molecular flexibility index (Phi) is 7.92. The molecule has 3 rings (SSSR count). The molecule has 0 bridgehead atoms. The van der Waals surface area contributed by atoms with E-state index in [4.69, 9.17) is 4.74 Å². The van der Waals surface area contributed by atoms with Crippen LogP contribution in [0.3, 0.4) is 0 Å². The van der Waals surface area contributed by atoms with Gasteiger partial charge in [-0.2, -0.15) is 4.31 Å². The summed E-state index contributed by atoms with van der Waals surface area (Å²) in [6, 6.07) is 12.4. The summed E-state index contributed by atoms with van der Waals surface area (Å²) >= 11 is 0. The summed E-state index contributed by atoms with van der Waals surface area (Å²) in [6.07, 6.45) is 3.87. The number of ether oxygens (including phenoxy) is 1. The fourth-order valence-electron chi connectivity index (χ4n) is 3.65. The number of nitrogens with zero attached hydrogens (tertiary/aromatic N) is 1. The number of anilines is 2. The molecule has 0 unspecified atom stereocenters. The third-order valence-corrected chi connectivity index (χ3v) is 7.32. The second-order valence-corrected chi connectivity index (χ2v) is 9.54. The molecule has 1 aliphatic rings. The Hall–Kier alpha value is -2.58. The Morgan fingerprint density at radius 2 is 1.77 bits per heavy atom. The molecule has 1 fully saturated rings. The summed E-state index contributed by atoms with van der Waals surface area (Å²) in [5.74, 6) is 0.409. The van der Waals surface area contributed by atoms with Gasteiger partial charge in [0, 0.05) is 18.8 Å². The number of sulfonamides is 1. The molecule has 168 valence electrons. The number of hydrogen-bond donors (Lipinski definition) is 2. The van der Waals surface area contributed by atoms with Crippen LogP contribution >= 0.6 is 0 Å². The molecule has 1 saturated heterocycles. The lowest BCUT2D eigenvalue weighted by Crippen LogP contribution is -2.32. The minimum Gasteiger partial charge on any atom is -0.492 e. The fraction of sp³-hybridized carbons (Fsp3) is 0.435. The summed E-state index contributed by atoms with van der Waals surface area (Å²) in [7, 11) is -3.59. The molecule has 8 heteroatoms. The average Bonchev–Trinajstić information content (AvgIpc) is 3.05. The normalized spacial score (nSPS) is 15.2. The number of benzene rings is 2. The van der Waals surface area contributed by atoms with Gasteiger partial charge in [-0.15, -0.1) is 0 Å². The van der Waals surface area contributed by atoms with E-state index in [2.05, 4.69) is 10.6 Å². The Balaban J connectivity index is 1.69. The summed E-state index contributed by atoms with van der Waals surface area (Å²) in [6.45, 7) is 5.33. The predicted molar refractivity (Wildman–Crippen MR) is 123 cm³/mol. The average molecular weight is 446 g/mol. The van der Waals surface area contributed by atoms with Crippen LogP contribution in [-0.2, 0) is 14.8 Å². The molecule has 0 atom stereocenters. The van der Waals surface area contributed by atoms with Gasteiger partial charge in [-0.25, -0.2) is 8.42 Å². The predicted octanol–water partition coefficient (Wildman–Crippen LogP) is 4.01. The maximum atomic E-state index is 13.2. The number of carbonyl (C=O) groups excluding carboxylic acids is 1. The van der Waals surface area contributed by atoms with Gasteiger partial charge in [0.2, 0.25) is 15.9 Å². The molecule has 0 aliphatic carbocycles. The van der Waals surface area contributed by atoms with Crippen LogP contribution in [-0.4, -0.2) is 44.9 Å². The topological polar surface area (TPSA) is 87.7 Å². The molecule has 1 aliphatic heterocycles. The molecule has 0 radical (unpaired) electrons. The van der Waals surface area contributed by atoms with Gasteiger partial charge in [-0.05, 0) is 56.5 Å². The van der Waals surface area contributed by atoms with Crippen LogP contribution < -0.4 is 15.4 Å². The van der Waals surface area contributed by atoms with Gasteiger partial charge in [0.25, 0.3) is 0 Å². The van der Waals surface area contributed by atoms with Gasteiger partial charge < -0.3 is 15.4 Å². The molecule has 1 heterocycles. The maximum Gasteiger partial charge on any atom is 0.243 e. The van der Waals surface area contributed by atoms with E-state index in [1.165, 1.54) is 0 Å². The third kappa shape index (κ3) is 5.98. The number of amides is 1. The lowest BCUT2D eigenvalue weighted by Gasteiger charge is -2.21. The van der Waals surface area contributed by atoms with E-state index in [0.29, 0.717) is 36.7 Å². The molecule has 1 amide bonds. The monoisotopic (exact) mass is 445 g/mol. The smallest absolute Gasteiger partial charge is 0.243 e. The second-order valence-electron chi connectivity index (χ2n) is 7.63. The highest BCUT2D eigenvalue weighted by Crippen LogP contribution is 2.26. The first-order valence-corrected chi connectivity index (χ1v) is 12.2. The van der Waals surface area contributed by atoms with Crippen LogP contribution in [0.2, 0.25) is 0 Å². The zero-order chi connectivity index (χ0) is 22.3. The first-order valence-electron chi connectivity index (χ1n) is 10.8. The zero-order valence-corrected chi connectivity index (χ0v) is 19.0. The van der Waals surface area contributed by atoms with Crippen molar-refractivity contribution in [2.24, 2.45) is 0 Å². The van der Waals surface area contributed by atoms with E-state index >= 15 is 0 Å². The van der Waals surface area contributed by atoms with Gasteiger partial charge in [0.05, 0.1) is 23.7 Å². The van der Waals surface area contributed by atoms with Crippen LogP contribution in [0.25, 0.3) is 0 Å². The molecule has 31 heavy (non-hydrogen) atoms. The summed E-state index contributed by atoms with van der Waals surface area (Å²) in [5.41, 5.74) is 1.86. The number of rotatable bonds is 8. The van der Waals surface area contributed by atoms with Gasteiger partial charge in [-0.3, -0.25) is 4.79 Å². The molecule has 0 saturated carbocycles. The van der Waals surface area contributed by atoms with Crippen molar-refractivity contribution in [1.82, 2.24) is 4.31 Å². The first kappa shape index (κ1) is 23.1. The number of carbonyl (C=O) groups is 1. The highest BCUT2D eigenvalue weighted by Gasteiger charge is 2.27. The van der Waals surface area contributed by atoms with Crippen molar-refractivity contribution < 1.29 is 17.9 Å². The zero-order valence-electron chi connectivity index (χ0n) is 18.2. The highest BCUT2D eigenvalue weighted by molar-refractivity contribution is 7.89. The van der Waals surface area contributed by atoms with E-state index in [9.17, 15) is 13.2 Å². The van der Waals surface area contributed by atoms with E-state index < -0.39 is 10.0 Å². The molecular formula is C23H31N3O4S. The number of aryl methyl sites for hydroxylation is 1. The first-order chi connectivity index (χ1) is 14.9. The lowest BCUT2D eigenvalue weighted by molar-refractivity contribution is -0.114. The lowest BCUT2D eigenvalue weighted by atomic mass is 10.2. The molecule has 2 aromatic carbocycles. The van der Waals surface area contributed by atoms with Crippen molar-refractivity contribution in [3.8, 4) is 5.75 Å². The number of para-hydroxylation sites is 2. The fourth-order valence-corrected chi connectivity index (χ4v) is 5.42. The summed E-state index contributed by atoms with van der Waals surface area (Å²) in [4.78, 5) is 12.7. The minimum atomic E-state index is -3.59. The van der Waals surface area contributed by atoms with Crippen molar-refractivity contribution in [3.05, 3.63) is 48.0 Å². The highest BCUT2D eigenvalue weighted by atomic mass is 32.2. The van der Waals surface area contributed by atoms with Crippen LogP contribution in [0, 0.1) is 6.92 Å². The van der Waals surface area contributed by atoms with Crippen molar-refractivity contribution in [3.63, 3.8) is 0 Å². The van der Waals surface area contributed by atoms with Crippen molar-refractivity contribution >= 4 is 27.3 Å². The maximum absolute atomic E-state index is 13.2. The van der Waals surface area contributed by atoms with Gasteiger partial charge in [0.15, 0.2) is 0 Å². The molecule has 2 aromatic rings. The summed E-state index contributed by atoms with van der Waals surface area (Å²) < 4.78 is 33.5. The van der Waals surface area contributed by atoms with Crippen molar-refractivity contribution in [1.29, 1.82) is 0 Å². The number of nitrogens with one attached hydrogen (secondary N) is 2. The summed E-state index contributed by atoms with van der Waals surface area (Å²) in [5, 5.41) is 5.86. The van der Waals surface area contributed by atoms with Crippen LogP contribution in [0.1, 0.15) is 38.2 Å². The van der Waals surface area contributed by atoms with Crippen LogP contribution in [0.15, 0.2) is 47.4 Å². The van der Waals surface area contributed by atoms with E-state index in [0.717, 1.165) is 31.4 Å². The largest absolute Gasteiger partial charge is 0.492 e. The molecule has 0 aromatic heterocycles. The molecule has 0 spiro atoms. The standard InChI is InChI=1S/C23H31N3O4S/c1-3-30-21-11-7-6-10-20(21)24-17-23(27)25-19-13-12-18(2)22(16-19)31(28,29)26-14-8-4-5-9-15-26/h6-7,10-13,16,24H,3-5,8-9,14-15,17H2,1-2H3,(H,25,27). The van der Waals surface area contributed by atoms with E-state index in [-0.39, 0.29) is 17.3 Å². The Bertz CT molecular complexity index is 1000. The second kappa shape index (κ2) is 10.6. The Morgan fingerprint density at radius 3 is 2.48 bits per heavy atom.